The van der Waals surface area contributed by atoms with Crippen molar-refractivity contribution in [2.75, 3.05) is 25.1 Å². The second-order valence-corrected chi connectivity index (χ2v) is 9.41. The Kier molecular flexibility index (Phi) is 5.79. The predicted octanol–water partition coefficient (Wildman–Crippen LogP) is 5.00. The van der Waals surface area contributed by atoms with E-state index < -0.39 is 11.9 Å². The normalized spacial score (nSPS) is 17.4. The largest absolute Gasteiger partial charge is 0.507 e. The summed E-state index contributed by atoms with van der Waals surface area (Å²) in [5, 5.41) is 10.9. The number of pyridine rings is 1. The average Bonchev–Trinajstić information content (AvgIpc) is 2.93. The first kappa shape index (κ1) is 23.1. The Morgan fingerprint density at radius 2 is 1.86 bits per heavy atom. The molecule has 1 saturated heterocycles. The van der Waals surface area contributed by atoms with Crippen molar-refractivity contribution >= 4 is 22.8 Å². The Bertz CT molecular complexity index is 1550. The minimum Gasteiger partial charge on any atom is -0.507 e. The maximum atomic E-state index is 13.6. The molecule has 0 spiro atoms. The zero-order chi connectivity index (χ0) is 25.5. The molecule has 0 aliphatic carbocycles. The van der Waals surface area contributed by atoms with Crippen LogP contribution < -0.4 is 19.8 Å². The van der Waals surface area contributed by atoms with Gasteiger partial charge in [-0.3, -0.25) is 9.59 Å². The number of esters is 1. The van der Waals surface area contributed by atoms with E-state index in [2.05, 4.69) is 9.88 Å². The van der Waals surface area contributed by atoms with E-state index in [-0.39, 0.29) is 34.3 Å². The van der Waals surface area contributed by atoms with Crippen LogP contribution in [0.3, 0.4) is 0 Å². The molecule has 188 valence electrons. The Morgan fingerprint density at radius 1 is 1.08 bits per heavy atom. The fourth-order valence-electron chi connectivity index (χ4n) is 5.42. The van der Waals surface area contributed by atoms with Gasteiger partial charge in [0.05, 0.1) is 19.1 Å². The van der Waals surface area contributed by atoms with Crippen molar-refractivity contribution in [3.63, 3.8) is 0 Å². The van der Waals surface area contributed by atoms with Crippen molar-refractivity contribution in [1.82, 2.24) is 4.98 Å². The summed E-state index contributed by atoms with van der Waals surface area (Å²) in [4.78, 5) is 33.2. The SMILES string of the molecule is COc1ccc(-c2coc3c4c(cc(O)c3c2=O)OC(=O)C[C@@H]4c2cccnc2N2CCCCC2)cc1. The number of benzene rings is 2. The third kappa shape index (κ3) is 3.98. The summed E-state index contributed by atoms with van der Waals surface area (Å²) in [5.41, 5.74) is 2.22. The fourth-order valence-corrected chi connectivity index (χ4v) is 5.42. The molecule has 2 aliphatic rings. The molecule has 0 saturated carbocycles. The van der Waals surface area contributed by atoms with Crippen LogP contribution in [0, 0.1) is 0 Å². The Hall–Kier alpha value is -4.33. The van der Waals surface area contributed by atoms with Gasteiger partial charge in [-0.05, 0) is 43.0 Å². The fraction of sp³-hybridized carbons (Fsp3) is 0.276. The van der Waals surface area contributed by atoms with Crippen LogP contribution >= 0.6 is 0 Å². The summed E-state index contributed by atoms with van der Waals surface area (Å²) in [6.07, 6.45) is 6.57. The molecule has 8 nitrogen and oxygen atoms in total. The minimum atomic E-state index is -0.444. The number of nitrogens with zero attached hydrogens (tertiary/aromatic N) is 2. The smallest absolute Gasteiger partial charge is 0.312 e. The van der Waals surface area contributed by atoms with Gasteiger partial charge in [-0.1, -0.05) is 18.2 Å². The van der Waals surface area contributed by atoms with Crippen LogP contribution in [0.5, 0.6) is 17.2 Å². The van der Waals surface area contributed by atoms with Crippen molar-refractivity contribution < 1.29 is 23.8 Å². The molecule has 8 heteroatoms. The van der Waals surface area contributed by atoms with E-state index in [0.717, 1.165) is 37.3 Å². The van der Waals surface area contributed by atoms with E-state index in [9.17, 15) is 14.7 Å². The Balaban J connectivity index is 1.54. The molecule has 4 heterocycles. The molecule has 1 atom stereocenters. The highest BCUT2D eigenvalue weighted by molar-refractivity contribution is 5.94. The van der Waals surface area contributed by atoms with Crippen molar-refractivity contribution in [2.24, 2.45) is 0 Å². The second-order valence-electron chi connectivity index (χ2n) is 9.41. The van der Waals surface area contributed by atoms with E-state index in [4.69, 9.17) is 13.9 Å². The van der Waals surface area contributed by atoms with Crippen LogP contribution in [0.2, 0.25) is 0 Å². The number of hydrogen-bond donors (Lipinski definition) is 1. The molecule has 0 bridgehead atoms. The number of aromatic nitrogens is 1. The molecular weight excluding hydrogens is 472 g/mol. The maximum Gasteiger partial charge on any atom is 0.312 e. The first-order valence-electron chi connectivity index (χ1n) is 12.4. The van der Waals surface area contributed by atoms with Crippen LogP contribution in [0.15, 0.2) is 64.1 Å². The topological polar surface area (TPSA) is 102 Å². The molecule has 0 unspecified atom stereocenters. The van der Waals surface area contributed by atoms with Gasteiger partial charge in [-0.2, -0.15) is 0 Å². The van der Waals surface area contributed by atoms with Gasteiger partial charge in [0, 0.05) is 42.4 Å². The molecular formula is C29H26N2O6. The summed E-state index contributed by atoms with van der Waals surface area (Å²) in [7, 11) is 1.57. The van der Waals surface area contributed by atoms with E-state index >= 15 is 0 Å². The number of piperidine rings is 1. The maximum absolute atomic E-state index is 13.6. The predicted molar refractivity (Wildman–Crippen MR) is 139 cm³/mol. The van der Waals surface area contributed by atoms with Gasteiger partial charge in [0.2, 0.25) is 5.43 Å². The number of phenolic OH excluding ortho intramolecular Hbond substituents is 1. The summed E-state index contributed by atoms with van der Waals surface area (Å²) in [6, 6.07) is 12.2. The molecule has 37 heavy (non-hydrogen) atoms. The first-order chi connectivity index (χ1) is 18.0. The molecule has 2 aromatic heterocycles. The van der Waals surface area contributed by atoms with Crippen molar-refractivity contribution in [3.8, 4) is 28.4 Å². The van der Waals surface area contributed by atoms with Gasteiger partial charge >= 0.3 is 5.97 Å². The molecule has 2 aliphatic heterocycles. The van der Waals surface area contributed by atoms with Gasteiger partial charge in [0.15, 0.2) is 0 Å². The van der Waals surface area contributed by atoms with Gasteiger partial charge in [0.1, 0.15) is 40.3 Å². The number of carbonyl (C=O) groups excluding carboxylic acids is 1. The van der Waals surface area contributed by atoms with Crippen LogP contribution in [-0.4, -0.2) is 36.3 Å². The lowest BCUT2D eigenvalue weighted by atomic mass is 9.84. The number of phenols is 1. The molecule has 1 fully saturated rings. The minimum absolute atomic E-state index is 0.0541. The third-order valence-electron chi connectivity index (χ3n) is 7.22. The monoisotopic (exact) mass is 498 g/mol. The number of ether oxygens (including phenoxy) is 2. The van der Waals surface area contributed by atoms with Gasteiger partial charge in [0.25, 0.3) is 0 Å². The summed E-state index contributed by atoms with van der Waals surface area (Å²) >= 11 is 0. The lowest BCUT2D eigenvalue weighted by molar-refractivity contribution is -0.135. The average molecular weight is 499 g/mol. The third-order valence-corrected chi connectivity index (χ3v) is 7.22. The number of fused-ring (bicyclic) bond motifs is 3. The van der Waals surface area contributed by atoms with Crippen molar-refractivity contribution in [1.29, 1.82) is 0 Å². The standard InChI is InChI=1S/C29H26N2O6/c1-35-18-9-7-17(8-10-18)21-16-36-28-25-20(14-24(33)37-23(25)15-22(32)26(28)27(21)34)19-6-5-11-30-29(19)31-12-3-2-4-13-31/h5-11,15-16,20,32H,2-4,12-14H2,1H3/t20-/m1/s1. The lowest BCUT2D eigenvalue weighted by Gasteiger charge is -2.32. The van der Waals surface area contributed by atoms with Gasteiger partial charge < -0.3 is 23.9 Å². The number of hydrogen-bond acceptors (Lipinski definition) is 8. The molecule has 1 N–H and O–H groups in total. The summed E-state index contributed by atoms with van der Waals surface area (Å²) in [6.45, 7) is 1.79. The molecule has 2 aromatic carbocycles. The zero-order valence-corrected chi connectivity index (χ0v) is 20.4. The van der Waals surface area contributed by atoms with E-state index in [1.54, 1.807) is 37.6 Å². The lowest BCUT2D eigenvalue weighted by Crippen LogP contribution is -2.32. The number of carbonyl (C=O) groups is 1. The van der Waals surface area contributed by atoms with Crippen LogP contribution in [0.25, 0.3) is 22.1 Å². The van der Waals surface area contributed by atoms with E-state index in [0.29, 0.717) is 22.4 Å². The molecule has 0 radical (unpaired) electrons. The number of aromatic hydroxyl groups is 1. The van der Waals surface area contributed by atoms with Crippen LogP contribution in [0.1, 0.15) is 42.7 Å². The Morgan fingerprint density at radius 3 is 2.62 bits per heavy atom. The number of methoxy groups -OCH3 is 1. The molecule has 4 aromatic rings. The van der Waals surface area contributed by atoms with Gasteiger partial charge in [-0.15, -0.1) is 0 Å². The van der Waals surface area contributed by atoms with E-state index in [1.807, 2.05) is 12.1 Å². The highest BCUT2D eigenvalue weighted by Gasteiger charge is 2.36. The highest BCUT2D eigenvalue weighted by atomic mass is 16.5. The highest BCUT2D eigenvalue weighted by Crippen LogP contribution is 2.47. The van der Waals surface area contributed by atoms with Crippen LogP contribution in [0.4, 0.5) is 5.82 Å². The molecule has 0 amide bonds. The van der Waals surface area contributed by atoms with E-state index in [1.165, 1.54) is 18.8 Å². The second kappa shape index (κ2) is 9.28. The Labute approximate surface area is 213 Å². The zero-order valence-electron chi connectivity index (χ0n) is 20.4. The van der Waals surface area contributed by atoms with Gasteiger partial charge in [-0.25, -0.2) is 4.98 Å². The summed E-state index contributed by atoms with van der Waals surface area (Å²) in [5.74, 6) is 0.526. The number of anilines is 1. The van der Waals surface area contributed by atoms with Crippen molar-refractivity contribution in [3.05, 3.63) is 76.3 Å². The molecule has 6 rings (SSSR count). The number of rotatable bonds is 4. The van der Waals surface area contributed by atoms with Crippen LogP contribution in [-0.2, 0) is 4.79 Å². The quantitative estimate of drug-likeness (QED) is 0.310. The van der Waals surface area contributed by atoms with Crippen molar-refractivity contribution in [2.45, 2.75) is 31.6 Å². The summed E-state index contributed by atoms with van der Waals surface area (Å²) < 4.78 is 16.8. The first-order valence-corrected chi connectivity index (χ1v) is 12.4.